The van der Waals surface area contributed by atoms with Crippen molar-refractivity contribution in [3.05, 3.63) is 71.5 Å². The Kier molecular flexibility index (Phi) is 13.1. The average Bonchev–Trinajstić information content (AvgIpc) is 3.77. The van der Waals surface area contributed by atoms with Crippen LogP contribution in [0, 0.1) is 16.7 Å². The first kappa shape index (κ1) is 46.3. The van der Waals surface area contributed by atoms with Crippen molar-refractivity contribution in [1.29, 1.82) is 0 Å². The van der Waals surface area contributed by atoms with Crippen molar-refractivity contribution >= 4 is 28.7 Å². The monoisotopic (exact) mass is 903 g/mol. The van der Waals surface area contributed by atoms with Gasteiger partial charge >= 0.3 is 5.97 Å². The van der Waals surface area contributed by atoms with Gasteiger partial charge in [0, 0.05) is 86.9 Å². The molecule has 0 aliphatic carbocycles. The minimum absolute atomic E-state index is 0.00235. The maximum atomic E-state index is 14.8. The van der Waals surface area contributed by atoms with Crippen LogP contribution in [0.2, 0.25) is 0 Å². The van der Waals surface area contributed by atoms with Gasteiger partial charge < -0.3 is 34.7 Å². The van der Waals surface area contributed by atoms with Crippen LogP contribution in [-0.4, -0.2) is 131 Å². The number of nitrogens with one attached hydrogen (secondary N) is 3. The van der Waals surface area contributed by atoms with E-state index in [4.69, 9.17) is 14.5 Å². The second kappa shape index (κ2) is 18.7. The molecule has 354 valence electrons. The van der Waals surface area contributed by atoms with E-state index < -0.39 is 29.5 Å². The molecule has 1 spiro atoms. The number of phenolic OH excluding ortho intramolecular Hbond substituents is 1. The molecule has 4 aromatic rings. The fraction of sp³-hybridized carbons (Fsp3) is 0.577. The van der Waals surface area contributed by atoms with Gasteiger partial charge in [0.05, 0.1) is 30.1 Å². The number of nitrogens with zero attached hydrogens (tertiary/aromatic N) is 5. The van der Waals surface area contributed by atoms with Crippen LogP contribution in [0.4, 0.5) is 0 Å². The number of hydrogen-bond donors (Lipinski definition) is 4. The lowest BCUT2D eigenvalue weighted by Crippen LogP contribution is -2.62. The fourth-order valence-corrected chi connectivity index (χ4v) is 11.5. The highest BCUT2D eigenvalue weighted by Crippen LogP contribution is 2.43. The van der Waals surface area contributed by atoms with Crippen LogP contribution in [0.3, 0.4) is 0 Å². The highest BCUT2D eigenvalue weighted by atomic mass is 16.5. The van der Waals surface area contributed by atoms with Gasteiger partial charge in [-0.15, -0.1) is 0 Å². The molecule has 14 nitrogen and oxygen atoms in total. The minimum Gasteiger partial charge on any atom is -0.508 e. The van der Waals surface area contributed by atoms with E-state index in [9.17, 15) is 19.5 Å². The Bertz CT molecular complexity index is 2460. The number of amides is 2. The highest BCUT2D eigenvalue weighted by Gasteiger charge is 2.48. The van der Waals surface area contributed by atoms with Crippen LogP contribution < -0.4 is 16.1 Å². The number of aromatic nitrogens is 2. The molecule has 4 saturated heterocycles. The van der Waals surface area contributed by atoms with Crippen molar-refractivity contribution in [1.82, 2.24) is 40.4 Å². The zero-order chi connectivity index (χ0) is 46.5. The van der Waals surface area contributed by atoms with Gasteiger partial charge in [-0.05, 0) is 129 Å². The Morgan fingerprint density at radius 3 is 2.61 bits per heavy atom. The SMILES string of the molecule is CCn1c(-c2cccnc2[C@H](C)OC)c2c3cc(ccc31)-c1cc(O)cc(c1)C[C@H](NC(=O)[C@H](C(C)C)N1CC[C@@]3(CCN(C[C@H]4CN4)C3)C1)C(=O)N1CCC[C@H](N1)C(=O)OCC(C)(C)C2. The number of ether oxygens (including phenoxy) is 2. The van der Waals surface area contributed by atoms with Crippen molar-refractivity contribution in [2.75, 3.05) is 59.5 Å². The Labute approximate surface area is 389 Å². The van der Waals surface area contributed by atoms with Gasteiger partial charge in [-0.25, -0.2) is 5.43 Å². The number of benzene rings is 2. The molecule has 6 bridgehead atoms. The van der Waals surface area contributed by atoms with Crippen LogP contribution in [0.15, 0.2) is 54.7 Å². The molecule has 6 atom stereocenters. The summed E-state index contributed by atoms with van der Waals surface area (Å²) >= 11 is 0. The summed E-state index contributed by atoms with van der Waals surface area (Å²) in [6.07, 6.45) is 5.54. The number of aryl methyl sites for hydroxylation is 1. The van der Waals surface area contributed by atoms with Crippen LogP contribution in [-0.2, 0) is 43.2 Å². The predicted molar refractivity (Wildman–Crippen MR) is 255 cm³/mol. The van der Waals surface area contributed by atoms with E-state index in [2.05, 4.69) is 89.3 Å². The number of fused-ring (bicyclic) bond motifs is 6. The normalized spacial score (nSPS) is 25.9. The standard InChI is InChI=1S/C52H70N8O6/c1-8-59-44-14-13-35-25-40(44)41(47(59)39-11-9-17-53-45(39)33(4)65-7)26-51(5,6)31-66-50(64)42-12-10-18-60(56-42)49(63)43(23-34-21-36(35)24-38(61)22-34)55-48(62)46(32(2)3)58-20-16-52(30-58)15-19-57(29-52)28-37-27-54-37/h9,11,13-14,17,21-22,24-25,32-33,37,42-43,46,54,56,61H,8,10,12,15-16,18-20,23,26-31H2,1-7H3,(H,55,62)/t33-,37+,42-,43-,46-,52+/m0/s1. The summed E-state index contributed by atoms with van der Waals surface area (Å²) in [5, 5.41) is 20.6. The first-order valence-corrected chi connectivity index (χ1v) is 24.4. The number of carbonyl (C=O) groups is 3. The molecule has 4 N–H and O–H groups in total. The lowest BCUT2D eigenvalue weighted by Gasteiger charge is -2.37. The van der Waals surface area contributed by atoms with Crippen LogP contribution in [0.25, 0.3) is 33.3 Å². The molecular formula is C52H70N8O6. The third-order valence-electron chi connectivity index (χ3n) is 14.9. The van der Waals surface area contributed by atoms with Crippen LogP contribution in [0.1, 0.15) is 90.2 Å². The molecule has 9 rings (SSSR count). The maximum Gasteiger partial charge on any atom is 0.324 e. The summed E-state index contributed by atoms with van der Waals surface area (Å²) in [6, 6.07) is 14.4. The van der Waals surface area contributed by atoms with E-state index >= 15 is 0 Å². The van der Waals surface area contributed by atoms with Gasteiger partial charge in [0.15, 0.2) is 0 Å². The van der Waals surface area contributed by atoms with Crippen LogP contribution in [0.5, 0.6) is 5.75 Å². The van der Waals surface area contributed by atoms with Gasteiger partial charge in [0.1, 0.15) is 17.8 Å². The quantitative estimate of drug-likeness (QED) is 0.112. The fourth-order valence-electron chi connectivity index (χ4n) is 11.5. The number of hydrogen-bond acceptors (Lipinski definition) is 11. The van der Waals surface area contributed by atoms with Crippen LogP contribution >= 0.6 is 0 Å². The van der Waals surface area contributed by atoms with E-state index in [1.807, 2.05) is 19.1 Å². The predicted octanol–water partition coefficient (Wildman–Crippen LogP) is 5.85. The summed E-state index contributed by atoms with van der Waals surface area (Å²) in [5.74, 6) is -0.849. The van der Waals surface area contributed by atoms with Crippen molar-refractivity contribution in [3.63, 3.8) is 0 Å². The number of cyclic esters (lactones) is 1. The Hall–Kier alpha value is -4.86. The molecule has 2 aromatic carbocycles. The first-order valence-electron chi connectivity index (χ1n) is 24.4. The zero-order valence-electron chi connectivity index (χ0n) is 40.0. The third kappa shape index (κ3) is 9.49. The highest BCUT2D eigenvalue weighted by molar-refractivity contribution is 5.96. The minimum atomic E-state index is -0.975. The first-order chi connectivity index (χ1) is 31.6. The molecule has 2 aromatic heterocycles. The Morgan fingerprint density at radius 2 is 1.85 bits per heavy atom. The lowest BCUT2D eigenvalue weighted by molar-refractivity contribution is -0.155. The van der Waals surface area contributed by atoms with Crippen molar-refractivity contribution in [2.24, 2.45) is 16.7 Å². The molecule has 2 amide bonds. The van der Waals surface area contributed by atoms with E-state index in [-0.39, 0.29) is 48.0 Å². The number of esters is 1. The molecule has 0 unspecified atom stereocenters. The number of hydrazine groups is 1. The summed E-state index contributed by atoms with van der Waals surface area (Å²) in [5.41, 5.74) is 10.3. The zero-order valence-corrected chi connectivity index (χ0v) is 40.0. The Morgan fingerprint density at radius 1 is 1.05 bits per heavy atom. The molecule has 4 fully saturated rings. The third-order valence-corrected chi connectivity index (χ3v) is 14.9. The van der Waals surface area contributed by atoms with Gasteiger partial charge in [-0.1, -0.05) is 39.8 Å². The van der Waals surface area contributed by atoms with Crippen molar-refractivity contribution < 1.29 is 29.0 Å². The lowest BCUT2D eigenvalue weighted by atomic mass is 9.84. The van der Waals surface area contributed by atoms with Gasteiger partial charge in [-0.3, -0.25) is 29.3 Å². The van der Waals surface area contributed by atoms with Gasteiger partial charge in [0.2, 0.25) is 5.91 Å². The molecular weight excluding hydrogens is 833 g/mol. The number of rotatable bonds is 10. The van der Waals surface area contributed by atoms with Gasteiger partial charge in [-0.2, -0.15) is 0 Å². The van der Waals surface area contributed by atoms with Gasteiger partial charge in [0.25, 0.3) is 5.91 Å². The molecule has 66 heavy (non-hydrogen) atoms. The second-order valence-corrected chi connectivity index (χ2v) is 21.0. The Balaban J connectivity index is 1.09. The number of phenols is 1. The van der Waals surface area contributed by atoms with E-state index in [1.165, 1.54) is 5.01 Å². The summed E-state index contributed by atoms with van der Waals surface area (Å²) in [7, 11) is 1.70. The average molecular weight is 903 g/mol. The molecule has 0 saturated carbocycles. The summed E-state index contributed by atoms with van der Waals surface area (Å²) in [4.78, 5) is 53.3. The number of aromatic hydroxyl groups is 1. The van der Waals surface area contributed by atoms with Crippen molar-refractivity contribution in [2.45, 2.75) is 117 Å². The topological polar surface area (TPSA) is 163 Å². The largest absolute Gasteiger partial charge is 0.508 e. The van der Waals surface area contributed by atoms with E-state index in [1.54, 1.807) is 25.4 Å². The smallest absolute Gasteiger partial charge is 0.324 e. The molecule has 14 heteroatoms. The maximum absolute atomic E-state index is 14.8. The molecule has 7 heterocycles. The van der Waals surface area contributed by atoms with E-state index in [0.717, 1.165) is 96.7 Å². The summed E-state index contributed by atoms with van der Waals surface area (Å²) < 4.78 is 14.3. The number of likely N-dealkylation sites (tertiary alicyclic amines) is 2. The molecule has 5 aliphatic rings. The number of methoxy groups -OCH3 is 1. The number of carbonyl (C=O) groups excluding carboxylic acids is 3. The van der Waals surface area contributed by atoms with E-state index in [0.29, 0.717) is 44.0 Å². The molecule has 0 radical (unpaired) electrons. The molecule has 5 aliphatic heterocycles. The van der Waals surface area contributed by atoms with Crippen molar-refractivity contribution in [3.8, 4) is 28.1 Å². The number of pyridine rings is 1. The summed E-state index contributed by atoms with van der Waals surface area (Å²) in [6.45, 7) is 19.8. The second-order valence-electron chi connectivity index (χ2n) is 21.0.